The van der Waals surface area contributed by atoms with Gasteiger partial charge in [0.05, 0.1) is 0 Å². The summed E-state index contributed by atoms with van der Waals surface area (Å²) in [5.74, 6) is 3.70. The van der Waals surface area contributed by atoms with E-state index in [0.717, 1.165) is 36.5 Å². The van der Waals surface area contributed by atoms with Crippen molar-refractivity contribution in [2.24, 2.45) is 23.2 Å². The Morgan fingerprint density at radius 3 is 2.38 bits per heavy atom. The van der Waals surface area contributed by atoms with Crippen LogP contribution >= 0.6 is 0 Å². The van der Waals surface area contributed by atoms with Crippen LogP contribution in [0.5, 0.6) is 0 Å². The van der Waals surface area contributed by atoms with Crippen molar-refractivity contribution in [3.63, 3.8) is 0 Å². The summed E-state index contributed by atoms with van der Waals surface area (Å²) >= 11 is 0. The summed E-state index contributed by atoms with van der Waals surface area (Å²) < 4.78 is 0. The van der Waals surface area contributed by atoms with E-state index < -0.39 is 0 Å². The monoisotopic (exact) mass is 288 g/mol. The highest BCUT2D eigenvalue weighted by atomic mass is 16.2. The van der Waals surface area contributed by atoms with Crippen LogP contribution in [0.4, 0.5) is 0 Å². The number of aryl methyl sites for hydroxylation is 1. The van der Waals surface area contributed by atoms with Gasteiger partial charge in [-0.25, -0.2) is 4.98 Å². The summed E-state index contributed by atoms with van der Waals surface area (Å²) in [5.41, 5.74) is 0.369. The van der Waals surface area contributed by atoms with Gasteiger partial charge < -0.3 is 5.32 Å². The summed E-state index contributed by atoms with van der Waals surface area (Å²) in [5, 5.41) is 9.92. The first-order chi connectivity index (χ1) is 10.2. The number of amides is 1. The molecule has 0 unspecified atom stereocenters. The number of carbonyl (C=O) groups is 1. The number of hydrogen-bond acceptors (Lipinski definition) is 3. The molecule has 0 saturated heterocycles. The Balaban J connectivity index is 1.41. The summed E-state index contributed by atoms with van der Waals surface area (Å²) in [6, 6.07) is 0. The van der Waals surface area contributed by atoms with Crippen LogP contribution in [0.3, 0.4) is 0 Å². The molecule has 4 aliphatic carbocycles. The Morgan fingerprint density at radius 1 is 1.24 bits per heavy atom. The highest BCUT2D eigenvalue weighted by Gasteiger charge is 2.50. The molecule has 1 heterocycles. The number of aromatic amines is 1. The molecule has 1 amide bonds. The maximum atomic E-state index is 12.2. The van der Waals surface area contributed by atoms with E-state index in [9.17, 15) is 4.79 Å². The van der Waals surface area contributed by atoms with Gasteiger partial charge in [0.15, 0.2) is 0 Å². The first kappa shape index (κ1) is 13.3. The van der Waals surface area contributed by atoms with Crippen molar-refractivity contribution in [3.8, 4) is 0 Å². The molecule has 0 spiro atoms. The maximum absolute atomic E-state index is 12.2. The summed E-state index contributed by atoms with van der Waals surface area (Å²) in [4.78, 5) is 16.4. The van der Waals surface area contributed by atoms with Crippen molar-refractivity contribution in [3.05, 3.63) is 11.6 Å². The lowest BCUT2D eigenvalue weighted by molar-refractivity contribution is -0.0503. The molecule has 5 heteroatoms. The molecule has 0 radical (unpaired) electrons. The largest absolute Gasteiger partial charge is 0.349 e. The van der Waals surface area contributed by atoms with Crippen LogP contribution in [0.15, 0.2) is 0 Å². The van der Waals surface area contributed by atoms with Crippen LogP contribution in [0.2, 0.25) is 0 Å². The average molecular weight is 288 g/mol. The van der Waals surface area contributed by atoms with Crippen molar-refractivity contribution < 1.29 is 4.79 Å². The average Bonchev–Trinajstić information content (AvgIpc) is 2.92. The SMILES string of the molecule is CCc1nc(C(=O)NCC23CC4CC(CC(C4)C2)C3)n[nH]1. The highest BCUT2D eigenvalue weighted by Crippen LogP contribution is 2.59. The Morgan fingerprint density at radius 2 is 1.86 bits per heavy atom. The molecular formula is C16H24N4O. The van der Waals surface area contributed by atoms with Gasteiger partial charge >= 0.3 is 0 Å². The predicted octanol–water partition coefficient (Wildman–Crippen LogP) is 2.31. The fourth-order valence-electron chi connectivity index (χ4n) is 5.41. The van der Waals surface area contributed by atoms with Crippen LogP contribution < -0.4 is 5.32 Å². The Hall–Kier alpha value is -1.39. The minimum absolute atomic E-state index is 0.123. The van der Waals surface area contributed by atoms with E-state index in [1.54, 1.807) is 0 Å². The number of rotatable bonds is 4. The second-order valence-electron chi connectivity index (χ2n) is 7.56. The minimum atomic E-state index is -0.123. The number of carbonyl (C=O) groups excluding carboxylic acids is 1. The Labute approximate surface area is 125 Å². The third-order valence-corrected chi connectivity index (χ3v) is 5.86. The lowest BCUT2D eigenvalue weighted by Gasteiger charge is -2.56. The van der Waals surface area contributed by atoms with E-state index >= 15 is 0 Å². The van der Waals surface area contributed by atoms with Gasteiger partial charge in [0.1, 0.15) is 5.82 Å². The zero-order chi connectivity index (χ0) is 14.4. The molecule has 4 saturated carbocycles. The van der Waals surface area contributed by atoms with Gasteiger partial charge in [-0.15, -0.1) is 5.10 Å². The Kier molecular flexibility index (Phi) is 3.05. The summed E-state index contributed by atoms with van der Waals surface area (Å²) in [6.45, 7) is 2.81. The summed E-state index contributed by atoms with van der Waals surface area (Å²) in [6.07, 6.45) is 9.03. The molecule has 0 atom stereocenters. The molecule has 2 N–H and O–H groups in total. The molecule has 1 aromatic rings. The zero-order valence-corrected chi connectivity index (χ0v) is 12.7. The molecule has 5 nitrogen and oxygen atoms in total. The minimum Gasteiger partial charge on any atom is -0.349 e. The highest BCUT2D eigenvalue weighted by molar-refractivity contribution is 5.90. The van der Waals surface area contributed by atoms with Crippen LogP contribution in [0, 0.1) is 23.2 Å². The lowest BCUT2D eigenvalue weighted by atomic mass is 9.49. The van der Waals surface area contributed by atoms with Gasteiger partial charge in [0.2, 0.25) is 5.82 Å². The normalized spacial score (nSPS) is 36.9. The van der Waals surface area contributed by atoms with Gasteiger partial charge in [-0.05, 0) is 61.7 Å². The van der Waals surface area contributed by atoms with Crippen molar-refractivity contribution in [1.29, 1.82) is 0 Å². The van der Waals surface area contributed by atoms with E-state index in [1.807, 2.05) is 6.92 Å². The first-order valence-corrected chi connectivity index (χ1v) is 8.35. The van der Waals surface area contributed by atoms with E-state index in [-0.39, 0.29) is 11.7 Å². The van der Waals surface area contributed by atoms with Gasteiger partial charge in [-0.1, -0.05) is 6.92 Å². The van der Waals surface area contributed by atoms with Crippen molar-refractivity contribution in [1.82, 2.24) is 20.5 Å². The molecule has 5 rings (SSSR count). The van der Waals surface area contributed by atoms with Crippen molar-refractivity contribution >= 4 is 5.91 Å². The lowest BCUT2D eigenvalue weighted by Crippen LogP contribution is -2.51. The van der Waals surface area contributed by atoms with Crippen LogP contribution in [0.25, 0.3) is 0 Å². The van der Waals surface area contributed by atoms with Gasteiger partial charge in [-0.2, -0.15) is 0 Å². The van der Waals surface area contributed by atoms with Crippen LogP contribution in [0.1, 0.15) is 61.9 Å². The summed E-state index contributed by atoms with van der Waals surface area (Å²) in [7, 11) is 0. The molecule has 0 aromatic carbocycles. The first-order valence-electron chi connectivity index (χ1n) is 8.35. The standard InChI is InChI=1S/C16H24N4O/c1-2-13-18-14(20-19-13)15(21)17-9-16-6-10-3-11(7-16)5-12(4-10)8-16/h10-12H,2-9H2,1H3,(H,17,21)(H,18,19,20). The predicted molar refractivity (Wildman–Crippen MR) is 78.7 cm³/mol. The smallest absolute Gasteiger partial charge is 0.290 e. The van der Waals surface area contributed by atoms with Crippen LogP contribution in [-0.2, 0) is 6.42 Å². The van der Waals surface area contributed by atoms with E-state index in [0.29, 0.717) is 5.41 Å². The molecule has 4 bridgehead atoms. The van der Waals surface area contributed by atoms with Gasteiger partial charge in [0, 0.05) is 13.0 Å². The van der Waals surface area contributed by atoms with Crippen molar-refractivity contribution in [2.45, 2.75) is 51.9 Å². The fraction of sp³-hybridized carbons (Fsp3) is 0.812. The Bertz CT molecular complexity index is 515. The van der Waals surface area contributed by atoms with E-state index in [1.165, 1.54) is 38.5 Å². The number of aromatic nitrogens is 3. The fourth-order valence-corrected chi connectivity index (χ4v) is 5.41. The van der Waals surface area contributed by atoms with Crippen molar-refractivity contribution in [2.75, 3.05) is 6.54 Å². The molecule has 0 aliphatic heterocycles. The molecule has 4 fully saturated rings. The topological polar surface area (TPSA) is 70.7 Å². The molecule has 4 aliphatic rings. The van der Waals surface area contributed by atoms with Crippen LogP contribution in [-0.4, -0.2) is 27.6 Å². The molecular weight excluding hydrogens is 264 g/mol. The number of nitrogens with zero attached hydrogens (tertiary/aromatic N) is 2. The van der Waals surface area contributed by atoms with E-state index in [4.69, 9.17) is 0 Å². The molecule has 114 valence electrons. The maximum Gasteiger partial charge on any atom is 0.290 e. The van der Waals surface area contributed by atoms with Gasteiger partial charge in [-0.3, -0.25) is 9.89 Å². The molecule has 21 heavy (non-hydrogen) atoms. The number of hydrogen-bond donors (Lipinski definition) is 2. The zero-order valence-electron chi connectivity index (χ0n) is 12.7. The number of H-pyrrole nitrogens is 1. The second-order valence-corrected chi connectivity index (χ2v) is 7.56. The molecule has 1 aromatic heterocycles. The van der Waals surface area contributed by atoms with E-state index in [2.05, 4.69) is 20.5 Å². The number of nitrogens with one attached hydrogen (secondary N) is 2. The second kappa shape index (κ2) is 4.82. The third kappa shape index (κ3) is 2.36. The van der Waals surface area contributed by atoms with Gasteiger partial charge in [0.25, 0.3) is 5.91 Å². The third-order valence-electron chi connectivity index (χ3n) is 5.86. The quantitative estimate of drug-likeness (QED) is 0.893.